The first-order valence-corrected chi connectivity index (χ1v) is 6.19. The molecule has 1 rings (SSSR count). The van der Waals surface area contributed by atoms with E-state index in [1.165, 1.54) is 38.9 Å². The fraction of sp³-hybridized carbons (Fsp3) is 1.00. The van der Waals surface area contributed by atoms with Crippen molar-refractivity contribution in [3.05, 3.63) is 0 Å². The maximum absolute atomic E-state index is 3.38. The molecule has 0 bridgehead atoms. The van der Waals surface area contributed by atoms with Crippen LogP contribution in [-0.4, -0.2) is 62.7 Å². The molecule has 1 aliphatic rings. The number of nitrogens with zero attached hydrogens (tertiary/aromatic N) is 2. The zero-order valence-electron chi connectivity index (χ0n) is 10.8. The Bertz CT molecular complexity index is 162. The Kier molecular flexibility index (Phi) is 5.58. The van der Waals surface area contributed by atoms with Gasteiger partial charge in [-0.2, -0.15) is 0 Å². The van der Waals surface area contributed by atoms with Crippen molar-refractivity contribution < 1.29 is 0 Å². The van der Waals surface area contributed by atoms with Crippen LogP contribution in [0.3, 0.4) is 0 Å². The van der Waals surface area contributed by atoms with E-state index in [1.807, 2.05) is 0 Å². The van der Waals surface area contributed by atoms with E-state index in [2.05, 4.69) is 43.2 Å². The van der Waals surface area contributed by atoms with Crippen LogP contribution in [-0.2, 0) is 0 Å². The Morgan fingerprint density at radius 1 is 1.33 bits per heavy atom. The smallest absolute Gasteiger partial charge is 0.00884 e. The fourth-order valence-electron chi connectivity index (χ4n) is 2.26. The van der Waals surface area contributed by atoms with Crippen LogP contribution in [0.15, 0.2) is 0 Å². The molecule has 0 saturated carbocycles. The minimum Gasteiger partial charge on any atom is -0.317 e. The quantitative estimate of drug-likeness (QED) is 0.735. The summed E-state index contributed by atoms with van der Waals surface area (Å²) in [4.78, 5) is 4.91. The molecule has 1 N–H and O–H groups in total. The fourth-order valence-corrected chi connectivity index (χ4v) is 2.26. The molecule has 0 radical (unpaired) electrons. The molecule has 0 aromatic heterocycles. The van der Waals surface area contributed by atoms with E-state index >= 15 is 0 Å². The first-order valence-electron chi connectivity index (χ1n) is 6.19. The summed E-state index contributed by atoms with van der Waals surface area (Å²) in [5, 5.41) is 3.38. The molecule has 15 heavy (non-hydrogen) atoms. The predicted octanol–water partition coefficient (Wildman–Crippen LogP) is 1.01. The molecule has 3 nitrogen and oxygen atoms in total. The molecule has 0 aromatic rings. The molecule has 0 aromatic carbocycles. The van der Waals surface area contributed by atoms with Crippen molar-refractivity contribution in [2.75, 3.05) is 40.8 Å². The highest BCUT2D eigenvalue weighted by Crippen LogP contribution is 2.14. The van der Waals surface area contributed by atoms with Crippen molar-refractivity contribution in [2.24, 2.45) is 0 Å². The molecule has 1 aliphatic heterocycles. The van der Waals surface area contributed by atoms with Crippen molar-refractivity contribution >= 4 is 0 Å². The maximum Gasteiger partial charge on any atom is 0.00884 e. The zero-order valence-corrected chi connectivity index (χ0v) is 10.8. The lowest BCUT2D eigenvalue weighted by atomic mass is 10.0. The third-order valence-corrected chi connectivity index (χ3v) is 3.56. The van der Waals surface area contributed by atoms with E-state index in [-0.39, 0.29) is 0 Å². The van der Waals surface area contributed by atoms with E-state index in [4.69, 9.17) is 0 Å². The predicted molar refractivity (Wildman–Crippen MR) is 66.3 cm³/mol. The number of nitrogens with one attached hydrogen (secondary N) is 1. The van der Waals surface area contributed by atoms with Gasteiger partial charge in [0.25, 0.3) is 0 Å². The monoisotopic (exact) mass is 213 g/mol. The minimum atomic E-state index is 0.741. The Hall–Kier alpha value is -0.120. The van der Waals surface area contributed by atoms with Gasteiger partial charge in [-0.15, -0.1) is 0 Å². The van der Waals surface area contributed by atoms with Gasteiger partial charge in [0, 0.05) is 12.1 Å². The summed E-state index contributed by atoms with van der Waals surface area (Å²) in [6.07, 6.45) is 3.91. The van der Waals surface area contributed by atoms with Crippen LogP contribution in [0.25, 0.3) is 0 Å². The molecular formula is C12H27N3. The lowest BCUT2D eigenvalue weighted by Gasteiger charge is -2.36. The van der Waals surface area contributed by atoms with Crippen molar-refractivity contribution in [1.29, 1.82) is 0 Å². The van der Waals surface area contributed by atoms with Crippen molar-refractivity contribution in [3.63, 3.8) is 0 Å². The van der Waals surface area contributed by atoms with Gasteiger partial charge in [-0.1, -0.05) is 0 Å². The van der Waals surface area contributed by atoms with Gasteiger partial charge in [0.1, 0.15) is 0 Å². The molecule has 1 heterocycles. The first-order chi connectivity index (χ1) is 7.13. The topological polar surface area (TPSA) is 18.5 Å². The van der Waals surface area contributed by atoms with Crippen LogP contribution < -0.4 is 5.32 Å². The average Bonchev–Trinajstić information content (AvgIpc) is 2.26. The average molecular weight is 213 g/mol. The van der Waals surface area contributed by atoms with Gasteiger partial charge in [-0.3, -0.25) is 0 Å². The van der Waals surface area contributed by atoms with E-state index in [0.717, 1.165) is 12.1 Å². The second-order valence-electron chi connectivity index (χ2n) is 5.04. The summed E-state index contributed by atoms with van der Waals surface area (Å²) in [6.45, 7) is 6.09. The summed E-state index contributed by atoms with van der Waals surface area (Å²) in [5.41, 5.74) is 0. The largest absolute Gasteiger partial charge is 0.317 e. The van der Waals surface area contributed by atoms with Crippen LogP contribution in [0.2, 0.25) is 0 Å². The van der Waals surface area contributed by atoms with Crippen LogP contribution in [0.1, 0.15) is 26.2 Å². The summed E-state index contributed by atoms with van der Waals surface area (Å²) in [5.74, 6) is 0. The number of piperidine rings is 1. The van der Waals surface area contributed by atoms with Gasteiger partial charge < -0.3 is 15.1 Å². The summed E-state index contributed by atoms with van der Waals surface area (Å²) < 4.78 is 0. The molecule has 0 spiro atoms. The van der Waals surface area contributed by atoms with Crippen LogP contribution in [0, 0.1) is 0 Å². The van der Waals surface area contributed by atoms with Gasteiger partial charge >= 0.3 is 0 Å². The second-order valence-corrected chi connectivity index (χ2v) is 5.04. The standard InChI is InChI=1S/C12H27N3/c1-11(5-8-14(3)4)15-9-6-12(13-2)7-10-15/h11-13H,5-10H2,1-4H3. The third-order valence-electron chi connectivity index (χ3n) is 3.56. The molecule has 1 unspecified atom stereocenters. The van der Waals surface area contributed by atoms with Gasteiger partial charge in [0.2, 0.25) is 0 Å². The highest BCUT2D eigenvalue weighted by molar-refractivity contribution is 4.79. The van der Waals surface area contributed by atoms with E-state index < -0.39 is 0 Å². The van der Waals surface area contributed by atoms with E-state index in [9.17, 15) is 0 Å². The summed E-state index contributed by atoms with van der Waals surface area (Å²) in [6, 6.07) is 1.49. The highest BCUT2D eigenvalue weighted by Gasteiger charge is 2.21. The Morgan fingerprint density at radius 2 is 1.93 bits per heavy atom. The SMILES string of the molecule is CNC1CCN(C(C)CCN(C)C)CC1. The van der Waals surface area contributed by atoms with Crippen molar-refractivity contribution in [1.82, 2.24) is 15.1 Å². The molecule has 1 fully saturated rings. The van der Waals surface area contributed by atoms with E-state index in [1.54, 1.807) is 0 Å². The first kappa shape index (κ1) is 12.9. The lowest BCUT2D eigenvalue weighted by molar-refractivity contribution is 0.142. The van der Waals surface area contributed by atoms with Crippen molar-refractivity contribution in [2.45, 2.75) is 38.3 Å². The molecule has 0 amide bonds. The van der Waals surface area contributed by atoms with Gasteiger partial charge in [-0.25, -0.2) is 0 Å². The Morgan fingerprint density at radius 3 is 2.40 bits per heavy atom. The normalized spacial score (nSPS) is 22.2. The Balaban J connectivity index is 2.20. The lowest BCUT2D eigenvalue weighted by Crippen LogP contribution is -2.45. The van der Waals surface area contributed by atoms with Gasteiger partial charge in [-0.05, 0) is 67.0 Å². The van der Waals surface area contributed by atoms with Crippen LogP contribution in [0.4, 0.5) is 0 Å². The van der Waals surface area contributed by atoms with Crippen LogP contribution >= 0.6 is 0 Å². The van der Waals surface area contributed by atoms with Crippen LogP contribution in [0.5, 0.6) is 0 Å². The van der Waals surface area contributed by atoms with Gasteiger partial charge in [0.15, 0.2) is 0 Å². The molecule has 1 atom stereocenters. The molecule has 3 heteroatoms. The molecular weight excluding hydrogens is 186 g/mol. The minimum absolute atomic E-state index is 0.741. The number of hydrogen-bond acceptors (Lipinski definition) is 3. The number of rotatable bonds is 5. The van der Waals surface area contributed by atoms with E-state index in [0.29, 0.717) is 0 Å². The van der Waals surface area contributed by atoms with Crippen molar-refractivity contribution in [3.8, 4) is 0 Å². The number of likely N-dealkylation sites (tertiary alicyclic amines) is 1. The molecule has 0 aliphatic carbocycles. The second kappa shape index (κ2) is 6.46. The molecule has 90 valence electrons. The summed E-state index contributed by atoms with van der Waals surface area (Å²) >= 11 is 0. The maximum atomic E-state index is 3.38. The van der Waals surface area contributed by atoms with Gasteiger partial charge in [0.05, 0.1) is 0 Å². The zero-order chi connectivity index (χ0) is 11.3. The Labute approximate surface area is 94.8 Å². The highest BCUT2D eigenvalue weighted by atomic mass is 15.2. The third kappa shape index (κ3) is 4.49. The number of hydrogen-bond donors (Lipinski definition) is 1. The summed E-state index contributed by atoms with van der Waals surface area (Å²) in [7, 11) is 6.38. The molecule has 1 saturated heterocycles.